The summed E-state index contributed by atoms with van der Waals surface area (Å²) >= 11 is 0. The lowest BCUT2D eigenvalue weighted by atomic mass is 9.76. The summed E-state index contributed by atoms with van der Waals surface area (Å²) in [4.78, 5) is 12.5. The molecule has 0 saturated heterocycles. The molecular formula is C18H25NO2. The second-order valence-corrected chi connectivity index (χ2v) is 6.50. The third-order valence-corrected chi connectivity index (χ3v) is 5.09. The van der Waals surface area contributed by atoms with Crippen molar-refractivity contribution in [3.8, 4) is 0 Å². The zero-order valence-corrected chi connectivity index (χ0v) is 12.9. The molecule has 0 heterocycles. The van der Waals surface area contributed by atoms with Gasteiger partial charge >= 0.3 is 5.97 Å². The quantitative estimate of drug-likeness (QED) is 0.869. The van der Waals surface area contributed by atoms with Gasteiger partial charge in [0, 0.05) is 12.5 Å². The predicted octanol–water partition coefficient (Wildman–Crippen LogP) is 3.01. The second kappa shape index (κ2) is 6.18. The Morgan fingerprint density at radius 3 is 2.62 bits per heavy atom. The van der Waals surface area contributed by atoms with E-state index in [1.807, 2.05) is 0 Å². The number of hydrogen-bond acceptors (Lipinski definition) is 3. The Bertz CT molecular complexity index is 508. The van der Waals surface area contributed by atoms with Gasteiger partial charge in [-0.1, -0.05) is 43.5 Å². The second-order valence-electron chi connectivity index (χ2n) is 6.50. The minimum Gasteiger partial charge on any atom is -0.468 e. The monoisotopic (exact) mass is 287 g/mol. The van der Waals surface area contributed by atoms with E-state index >= 15 is 0 Å². The van der Waals surface area contributed by atoms with Gasteiger partial charge in [0.2, 0.25) is 0 Å². The highest BCUT2D eigenvalue weighted by atomic mass is 16.5. The number of aryl methyl sites for hydroxylation is 1. The molecule has 1 unspecified atom stereocenters. The largest absolute Gasteiger partial charge is 0.468 e. The van der Waals surface area contributed by atoms with Crippen LogP contribution in [-0.4, -0.2) is 24.7 Å². The van der Waals surface area contributed by atoms with E-state index in [4.69, 9.17) is 4.74 Å². The van der Waals surface area contributed by atoms with Crippen molar-refractivity contribution in [2.24, 2.45) is 0 Å². The van der Waals surface area contributed by atoms with Gasteiger partial charge in [-0.2, -0.15) is 0 Å². The fourth-order valence-corrected chi connectivity index (χ4v) is 3.92. The number of benzene rings is 1. The Morgan fingerprint density at radius 2 is 1.90 bits per heavy atom. The number of carbonyl (C=O) groups is 1. The third kappa shape index (κ3) is 2.98. The number of ether oxygens (including phenoxy) is 1. The molecular weight excluding hydrogens is 262 g/mol. The van der Waals surface area contributed by atoms with Crippen LogP contribution in [0, 0.1) is 0 Å². The Morgan fingerprint density at radius 1 is 1.19 bits per heavy atom. The van der Waals surface area contributed by atoms with Crippen molar-refractivity contribution in [2.75, 3.05) is 7.11 Å². The predicted molar refractivity (Wildman–Crippen MR) is 83.2 cm³/mol. The number of hydrogen-bond donors (Lipinski definition) is 1. The standard InChI is InChI=1S/C18H25NO2/c1-21-17(20)18(19-16-9-3-2-4-10-16)12-11-14-7-5-6-8-15(14)13-18/h5-8,16,19H,2-4,9-13H2,1H3. The Labute approximate surface area is 127 Å². The first-order valence-corrected chi connectivity index (χ1v) is 8.16. The molecule has 2 aliphatic carbocycles. The molecule has 0 aliphatic heterocycles. The molecule has 1 saturated carbocycles. The molecule has 1 N–H and O–H groups in total. The van der Waals surface area contributed by atoms with E-state index in [2.05, 4.69) is 29.6 Å². The van der Waals surface area contributed by atoms with Crippen LogP contribution >= 0.6 is 0 Å². The SMILES string of the molecule is COC(=O)C1(NC2CCCCC2)CCc2ccccc2C1. The zero-order valence-electron chi connectivity index (χ0n) is 12.9. The van der Waals surface area contributed by atoms with E-state index in [1.165, 1.54) is 50.3 Å². The van der Waals surface area contributed by atoms with Crippen LogP contribution in [-0.2, 0) is 22.4 Å². The zero-order chi connectivity index (χ0) is 14.7. The molecule has 1 aromatic carbocycles. The van der Waals surface area contributed by atoms with E-state index in [-0.39, 0.29) is 5.97 Å². The van der Waals surface area contributed by atoms with Gasteiger partial charge < -0.3 is 4.74 Å². The van der Waals surface area contributed by atoms with Crippen LogP contribution in [0.2, 0.25) is 0 Å². The smallest absolute Gasteiger partial charge is 0.326 e. The van der Waals surface area contributed by atoms with Crippen LogP contribution < -0.4 is 5.32 Å². The first-order valence-electron chi connectivity index (χ1n) is 8.16. The van der Waals surface area contributed by atoms with E-state index in [0.717, 1.165) is 19.3 Å². The lowest BCUT2D eigenvalue weighted by Gasteiger charge is -2.40. The molecule has 3 heteroatoms. The summed E-state index contributed by atoms with van der Waals surface area (Å²) in [6.45, 7) is 0. The fourth-order valence-electron chi connectivity index (χ4n) is 3.92. The fraction of sp³-hybridized carbons (Fsp3) is 0.611. The van der Waals surface area contributed by atoms with Crippen molar-refractivity contribution in [2.45, 2.75) is 62.9 Å². The minimum absolute atomic E-state index is 0.0948. The number of nitrogens with one attached hydrogen (secondary N) is 1. The molecule has 21 heavy (non-hydrogen) atoms. The average molecular weight is 287 g/mol. The summed E-state index contributed by atoms with van der Waals surface area (Å²) in [5.74, 6) is -0.0948. The summed E-state index contributed by atoms with van der Waals surface area (Å²) in [5.41, 5.74) is 2.14. The number of esters is 1. The maximum absolute atomic E-state index is 12.5. The Balaban J connectivity index is 1.83. The van der Waals surface area contributed by atoms with Crippen molar-refractivity contribution >= 4 is 5.97 Å². The van der Waals surface area contributed by atoms with Gasteiger partial charge in [-0.25, -0.2) is 0 Å². The highest BCUT2D eigenvalue weighted by molar-refractivity contribution is 5.82. The summed E-state index contributed by atoms with van der Waals surface area (Å²) in [6, 6.07) is 8.93. The molecule has 0 aromatic heterocycles. The average Bonchev–Trinajstić information content (AvgIpc) is 2.55. The first-order chi connectivity index (χ1) is 10.2. The summed E-state index contributed by atoms with van der Waals surface area (Å²) in [6.07, 6.45) is 8.77. The van der Waals surface area contributed by atoms with Crippen molar-refractivity contribution in [3.63, 3.8) is 0 Å². The van der Waals surface area contributed by atoms with Crippen molar-refractivity contribution in [1.82, 2.24) is 5.32 Å². The molecule has 3 rings (SSSR count). The van der Waals surface area contributed by atoms with Crippen molar-refractivity contribution in [1.29, 1.82) is 0 Å². The molecule has 3 nitrogen and oxygen atoms in total. The maximum atomic E-state index is 12.5. The topological polar surface area (TPSA) is 38.3 Å². The highest BCUT2D eigenvalue weighted by Gasteiger charge is 2.43. The molecule has 1 aromatic rings. The van der Waals surface area contributed by atoms with Crippen LogP contribution in [0.15, 0.2) is 24.3 Å². The van der Waals surface area contributed by atoms with Crippen LogP contribution in [0.4, 0.5) is 0 Å². The molecule has 114 valence electrons. The Kier molecular flexibility index (Phi) is 4.29. The van der Waals surface area contributed by atoms with Crippen LogP contribution in [0.25, 0.3) is 0 Å². The molecule has 1 atom stereocenters. The maximum Gasteiger partial charge on any atom is 0.326 e. The van der Waals surface area contributed by atoms with Crippen molar-refractivity contribution < 1.29 is 9.53 Å². The number of methoxy groups -OCH3 is 1. The molecule has 0 spiro atoms. The molecule has 0 bridgehead atoms. The third-order valence-electron chi connectivity index (χ3n) is 5.09. The summed E-state index contributed by atoms with van der Waals surface area (Å²) in [7, 11) is 1.51. The van der Waals surface area contributed by atoms with E-state index in [9.17, 15) is 4.79 Å². The van der Waals surface area contributed by atoms with Gasteiger partial charge in [0.05, 0.1) is 7.11 Å². The molecule has 1 fully saturated rings. The van der Waals surface area contributed by atoms with E-state index in [1.54, 1.807) is 0 Å². The minimum atomic E-state index is -0.523. The molecule has 0 amide bonds. The number of rotatable bonds is 3. The van der Waals surface area contributed by atoms with Crippen LogP contribution in [0.3, 0.4) is 0 Å². The van der Waals surface area contributed by atoms with E-state index in [0.29, 0.717) is 6.04 Å². The molecule has 0 radical (unpaired) electrons. The van der Waals surface area contributed by atoms with Gasteiger partial charge in [-0.15, -0.1) is 0 Å². The van der Waals surface area contributed by atoms with Gasteiger partial charge in [-0.3, -0.25) is 10.1 Å². The summed E-state index contributed by atoms with van der Waals surface area (Å²) < 4.78 is 5.15. The van der Waals surface area contributed by atoms with E-state index < -0.39 is 5.54 Å². The van der Waals surface area contributed by atoms with Crippen LogP contribution in [0.1, 0.15) is 49.7 Å². The van der Waals surface area contributed by atoms with Gasteiger partial charge in [0.1, 0.15) is 5.54 Å². The van der Waals surface area contributed by atoms with Gasteiger partial charge in [-0.05, 0) is 36.8 Å². The lowest BCUT2D eigenvalue weighted by Crippen LogP contribution is -2.59. The lowest BCUT2D eigenvalue weighted by molar-refractivity contribution is -0.149. The Hall–Kier alpha value is -1.35. The normalized spacial score (nSPS) is 26.1. The molecule has 2 aliphatic rings. The van der Waals surface area contributed by atoms with Crippen molar-refractivity contribution in [3.05, 3.63) is 35.4 Å². The van der Waals surface area contributed by atoms with Gasteiger partial charge in [0.15, 0.2) is 0 Å². The highest BCUT2D eigenvalue weighted by Crippen LogP contribution is 2.32. The number of carbonyl (C=O) groups excluding carboxylic acids is 1. The first kappa shape index (κ1) is 14.6. The summed E-state index contributed by atoms with van der Waals surface area (Å²) in [5, 5.41) is 3.69. The van der Waals surface area contributed by atoms with Gasteiger partial charge in [0.25, 0.3) is 0 Å². The number of fused-ring (bicyclic) bond motifs is 1. The van der Waals surface area contributed by atoms with Crippen LogP contribution in [0.5, 0.6) is 0 Å².